The summed E-state index contributed by atoms with van der Waals surface area (Å²) in [6.07, 6.45) is 3.09. The van der Waals surface area contributed by atoms with Gasteiger partial charge in [0.05, 0.1) is 6.07 Å². The zero-order valence-electron chi connectivity index (χ0n) is 7.73. The fourth-order valence-corrected chi connectivity index (χ4v) is 0.980. The Balaban J connectivity index is 2.62. The van der Waals surface area contributed by atoms with Crippen molar-refractivity contribution in [3.63, 3.8) is 0 Å². The maximum absolute atomic E-state index is 11.3. The standard InChI is InChI=1S/C8H10N4O2/c1-11-4-5-12(8(11)14)6-7(13)10-3-2-9/h4-5H,3,6H2,1H3,(H,10,13). The number of imidazole rings is 1. The minimum absolute atomic E-state index is 0.0413. The van der Waals surface area contributed by atoms with Crippen LogP contribution >= 0.6 is 0 Å². The molecule has 0 aliphatic carbocycles. The Morgan fingerprint density at radius 3 is 2.86 bits per heavy atom. The predicted octanol–water partition coefficient (Wildman–Crippen LogP) is -1.17. The molecule has 1 heterocycles. The quantitative estimate of drug-likeness (QED) is 0.615. The largest absolute Gasteiger partial charge is 0.341 e. The molecule has 0 aliphatic rings. The number of nitrogens with one attached hydrogen (secondary N) is 1. The van der Waals surface area contributed by atoms with Crippen molar-refractivity contribution in [2.75, 3.05) is 6.54 Å². The van der Waals surface area contributed by atoms with Crippen LogP contribution in [0.15, 0.2) is 17.2 Å². The smallest absolute Gasteiger partial charge is 0.328 e. The van der Waals surface area contributed by atoms with Gasteiger partial charge in [0.2, 0.25) is 5.91 Å². The highest BCUT2D eigenvalue weighted by molar-refractivity contribution is 5.75. The number of carbonyl (C=O) groups excluding carboxylic acids is 1. The van der Waals surface area contributed by atoms with Gasteiger partial charge in [0.25, 0.3) is 0 Å². The van der Waals surface area contributed by atoms with Crippen molar-refractivity contribution in [1.29, 1.82) is 5.26 Å². The SMILES string of the molecule is Cn1ccn(CC(=O)NCC#N)c1=O. The molecule has 0 spiro atoms. The summed E-state index contributed by atoms with van der Waals surface area (Å²) in [5.74, 6) is -0.347. The van der Waals surface area contributed by atoms with Gasteiger partial charge in [-0.2, -0.15) is 5.26 Å². The zero-order valence-corrected chi connectivity index (χ0v) is 7.73. The first-order chi connectivity index (χ1) is 6.65. The second-order valence-electron chi connectivity index (χ2n) is 2.75. The lowest BCUT2D eigenvalue weighted by molar-refractivity contribution is -0.121. The highest BCUT2D eigenvalue weighted by Gasteiger charge is 2.04. The van der Waals surface area contributed by atoms with E-state index in [9.17, 15) is 9.59 Å². The zero-order chi connectivity index (χ0) is 10.6. The first-order valence-corrected chi connectivity index (χ1v) is 4.00. The van der Waals surface area contributed by atoms with E-state index in [1.807, 2.05) is 0 Å². The Morgan fingerprint density at radius 2 is 2.36 bits per heavy atom. The van der Waals surface area contributed by atoms with Crippen molar-refractivity contribution in [2.24, 2.45) is 7.05 Å². The van der Waals surface area contributed by atoms with Crippen LogP contribution < -0.4 is 11.0 Å². The molecule has 0 fully saturated rings. The van der Waals surface area contributed by atoms with Gasteiger partial charge in [-0.15, -0.1) is 0 Å². The molecular weight excluding hydrogens is 184 g/mol. The van der Waals surface area contributed by atoms with Crippen molar-refractivity contribution in [3.8, 4) is 6.07 Å². The third-order valence-corrected chi connectivity index (χ3v) is 1.70. The molecule has 0 saturated heterocycles. The van der Waals surface area contributed by atoms with E-state index in [1.165, 1.54) is 15.3 Å². The van der Waals surface area contributed by atoms with Gasteiger partial charge in [0, 0.05) is 19.4 Å². The van der Waals surface area contributed by atoms with Crippen LogP contribution in [0.5, 0.6) is 0 Å². The molecule has 6 heteroatoms. The lowest BCUT2D eigenvalue weighted by Crippen LogP contribution is -2.32. The molecule has 1 N–H and O–H groups in total. The Hall–Kier alpha value is -2.03. The van der Waals surface area contributed by atoms with E-state index in [0.717, 1.165) is 0 Å². The molecule has 1 aromatic heterocycles. The van der Waals surface area contributed by atoms with Gasteiger partial charge >= 0.3 is 5.69 Å². The van der Waals surface area contributed by atoms with Gasteiger partial charge in [-0.05, 0) is 0 Å². The highest BCUT2D eigenvalue weighted by Crippen LogP contribution is 1.82. The van der Waals surface area contributed by atoms with E-state index >= 15 is 0 Å². The van der Waals surface area contributed by atoms with Crippen LogP contribution in [0.25, 0.3) is 0 Å². The lowest BCUT2D eigenvalue weighted by atomic mass is 10.5. The molecular formula is C8H10N4O2. The summed E-state index contributed by atoms with van der Waals surface area (Å²) in [5, 5.41) is 10.6. The minimum atomic E-state index is -0.347. The number of carbonyl (C=O) groups is 1. The fourth-order valence-electron chi connectivity index (χ4n) is 0.980. The average Bonchev–Trinajstić information content (AvgIpc) is 2.46. The molecule has 0 saturated carbocycles. The Labute approximate surface area is 80.4 Å². The van der Waals surface area contributed by atoms with Gasteiger partial charge in [0.1, 0.15) is 13.1 Å². The number of hydrogen-bond donors (Lipinski definition) is 1. The molecule has 1 aromatic rings. The summed E-state index contributed by atoms with van der Waals surface area (Å²) in [6, 6.07) is 1.78. The van der Waals surface area contributed by atoms with Gasteiger partial charge < -0.3 is 9.88 Å². The maximum Gasteiger partial charge on any atom is 0.328 e. The number of nitrogens with zero attached hydrogens (tertiary/aromatic N) is 3. The van der Waals surface area contributed by atoms with Crippen LogP contribution in [0, 0.1) is 11.3 Å². The van der Waals surface area contributed by atoms with Crippen LogP contribution in [0.4, 0.5) is 0 Å². The second kappa shape index (κ2) is 4.28. The van der Waals surface area contributed by atoms with Crippen LogP contribution in [-0.2, 0) is 18.4 Å². The predicted molar refractivity (Wildman–Crippen MR) is 48.3 cm³/mol. The van der Waals surface area contributed by atoms with Crippen molar-refractivity contribution in [3.05, 3.63) is 22.9 Å². The summed E-state index contributed by atoms with van der Waals surface area (Å²) >= 11 is 0. The molecule has 1 amide bonds. The van der Waals surface area contributed by atoms with E-state index in [1.54, 1.807) is 19.3 Å². The number of hydrogen-bond acceptors (Lipinski definition) is 3. The summed E-state index contributed by atoms with van der Waals surface area (Å²) in [5.41, 5.74) is -0.253. The molecule has 1 rings (SSSR count). The first kappa shape index (κ1) is 10.1. The molecule has 0 atom stereocenters. The first-order valence-electron chi connectivity index (χ1n) is 4.00. The van der Waals surface area contributed by atoms with Crippen molar-refractivity contribution in [1.82, 2.24) is 14.5 Å². The normalized spacial score (nSPS) is 9.43. The molecule has 74 valence electrons. The molecule has 14 heavy (non-hydrogen) atoms. The number of nitriles is 1. The lowest BCUT2D eigenvalue weighted by Gasteiger charge is -2.00. The average molecular weight is 194 g/mol. The third kappa shape index (κ3) is 2.23. The Kier molecular flexibility index (Phi) is 3.07. The van der Waals surface area contributed by atoms with Gasteiger partial charge in [-0.3, -0.25) is 9.36 Å². The fraction of sp³-hybridized carbons (Fsp3) is 0.375. The van der Waals surface area contributed by atoms with Crippen LogP contribution in [-0.4, -0.2) is 21.6 Å². The van der Waals surface area contributed by atoms with Gasteiger partial charge in [-0.1, -0.05) is 0 Å². The van der Waals surface area contributed by atoms with E-state index < -0.39 is 0 Å². The monoisotopic (exact) mass is 194 g/mol. The van der Waals surface area contributed by atoms with E-state index in [4.69, 9.17) is 5.26 Å². The second-order valence-corrected chi connectivity index (χ2v) is 2.75. The molecule has 0 aliphatic heterocycles. The minimum Gasteiger partial charge on any atom is -0.341 e. The summed E-state index contributed by atoms with van der Waals surface area (Å²) in [6.45, 7) is -0.0955. The number of rotatable bonds is 3. The van der Waals surface area contributed by atoms with Crippen molar-refractivity contribution >= 4 is 5.91 Å². The highest BCUT2D eigenvalue weighted by atomic mass is 16.2. The van der Waals surface area contributed by atoms with Crippen molar-refractivity contribution in [2.45, 2.75) is 6.54 Å². The van der Waals surface area contributed by atoms with E-state index in [0.29, 0.717) is 0 Å². The van der Waals surface area contributed by atoms with Crippen LogP contribution in [0.2, 0.25) is 0 Å². The summed E-state index contributed by atoms with van der Waals surface area (Å²) < 4.78 is 2.64. The molecule has 6 nitrogen and oxygen atoms in total. The Morgan fingerprint density at radius 1 is 1.64 bits per heavy atom. The summed E-state index contributed by atoms with van der Waals surface area (Å²) in [4.78, 5) is 22.4. The van der Waals surface area contributed by atoms with Crippen LogP contribution in [0.3, 0.4) is 0 Å². The van der Waals surface area contributed by atoms with Crippen molar-refractivity contribution < 1.29 is 4.79 Å². The Bertz CT molecular complexity index is 423. The topological polar surface area (TPSA) is 79.8 Å². The van der Waals surface area contributed by atoms with E-state index in [2.05, 4.69) is 5.32 Å². The molecule has 0 bridgehead atoms. The molecule has 0 radical (unpaired) electrons. The summed E-state index contributed by atoms with van der Waals surface area (Å²) in [7, 11) is 1.60. The van der Waals surface area contributed by atoms with Gasteiger partial charge in [-0.25, -0.2) is 4.79 Å². The van der Waals surface area contributed by atoms with Crippen LogP contribution in [0.1, 0.15) is 0 Å². The maximum atomic E-state index is 11.3. The molecule has 0 unspecified atom stereocenters. The van der Waals surface area contributed by atoms with E-state index in [-0.39, 0.29) is 24.7 Å². The number of aromatic nitrogens is 2. The van der Waals surface area contributed by atoms with Gasteiger partial charge in [0.15, 0.2) is 0 Å². The number of aryl methyl sites for hydroxylation is 1. The third-order valence-electron chi connectivity index (χ3n) is 1.70. The number of amides is 1. The molecule has 0 aromatic carbocycles.